The van der Waals surface area contributed by atoms with Crippen molar-refractivity contribution in [1.29, 1.82) is 0 Å². The van der Waals surface area contributed by atoms with Crippen molar-refractivity contribution >= 4 is 0 Å². The fraction of sp³-hybridized carbons (Fsp3) is 0.455. The van der Waals surface area contributed by atoms with E-state index in [1.165, 1.54) is 0 Å². The molecule has 1 rings (SSSR count). The normalized spacial score (nSPS) is 8.62. The average Bonchev–Trinajstić information content (AvgIpc) is 2.22. The van der Waals surface area contributed by atoms with Gasteiger partial charge in [0.2, 0.25) is 0 Å². The Hall–Kier alpha value is -1.02. The van der Waals surface area contributed by atoms with E-state index in [1.54, 1.807) is 0 Å². The monoisotopic (exact) mass is 182 g/mol. The Morgan fingerprint density at radius 3 is 2.54 bits per heavy atom. The first kappa shape index (κ1) is 12.0. The van der Waals surface area contributed by atoms with E-state index in [4.69, 9.17) is 9.84 Å². The van der Waals surface area contributed by atoms with Crippen molar-refractivity contribution in [2.75, 3.05) is 6.61 Å². The second kappa shape index (κ2) is 7.62. The van der Waals surface area contributed by atoms with Crippen molar-refractivity contribution in [3.8, 4) is 5.75 Å². The van der Waals surface area contributed by atoms with Gasteiger partial charge in [-0.3, -0.25) is 0 Å². The fourth-order valence-corrected chi connectivity index (χ4v) is 0.900. The molecule has 0 aliphatic rings. The van der Waals surface area contributed by atoms with Gasteiger partial charge >= 0.3 is 0 Å². The first-order valence-electron chi connectivity index (χ1n) is 4.69. The molecule has 1 aromatic carbocycles. The summed E-state index contributed by atoms with van der Waals surface area (Å²) in [4.78, 5) is 0. The zero-order valence-corrected chi connectivity index (χ0v) is 8.58. The Kier molecular flexibility index (Phi) is 7.02. The molecule has 74 valence electrons. The third-order valence-corrected chi connectivity index (χ3v) is 1.39. The van der Waals surface area contributed by atoms with Gasteiger partial charge in [-0.1, -0.05) is 26.0 Å². The molecule has 0 aliphatic heterocycles. The van der Waals surface area contributed by atoms with Gasteiger partial charge in [-0.05, 0) is 24.6 Å². The molecular weight excluding hydrogens is 164 g/mol. The molecule has 0 spiro atoms. The Labute approximate surface area is 80.2 Å². The molecule has 0 saturated carbocycles. The van der Waals surface area contributed by atoms with E-state index in [-0.39, 0.29) is 6.61 Å². The van der Waals surface area contributed by atoms with Crippen LogP contribution in [0.4, 0.5) is 0 Å². The predicted octanol–water partition coefficient (Wildman–Crippen LogP) is 2.60. The van der Waals surface area contributed by atoms with Crippen molar-refractivity contribution in [2.45, 2.75) is 27.4 Å². The smallest absolute Gasteiger partial charge is 0.119 e. The minimum absolute atomic E-state index is 0.0704. The van der Waals surface area contributed by atoms with Crippen LogP contribution in [0.25, 0.3) is 0 Å². The third-order valence-electron chi connectivity index (χ3n) is 1.39. The molecule has 0 heterocycles. The Morgan fingerprint density at radius 1 is 1.31 bits per heavy atom. The van der Waals surface area contributed by atoms with Crippen LogP contribution in [0.1, 0.15) is 26.3 Å². The molecular formula is C11H18O2. The topological polar surface area (TPSA) is 29.5 Å². The predicted molar refractivity (Wildman–Crippen MR) is 54.9 cm³/mol. The molecule has 1 N–H and O–H groups in total. The van der Waals surface area contributed by atoms with Gasteiger partial charge in [-0.15, -0.1) is 0 Å². The number of hydrogen-bond donors (Lipinski definition) is 1. The van der Waals surface area contributed by atoms with Crippen LogP contribution in [0.2, 0.25) is 0 Å². The number of aliphatic hydroxyl groups is 1. The van der Waals surface area contributed by atoms with E-state index < -0.39 is 0 Å². The van der Waals surface area contributed by atoms with E-state index in [2.05, 4.69) is 0 Å². The average molecular weight is 182 g/mol. The second-order valence-corrected chi connectivity index (χ2v) is 2.24. The molecule has 0 saturated heterocycles. The van der Waals surface area contributed by atoms with E-state index in [0.29, 0.717) is 6.61 Å². The first-order valence-corrected chi connectivity index (χ1v) is 4.69. The van der Waals surface area contributed by atoms with E-state index in [9.17, 15) is 0 Å². The highest BCUT2D eigenvalue weighted by atomic mass is 16.5. The molecule has 0 aromatic heterocycles. The summed E-state index contributed by atoms with van der Waals surface area (Å²) in [5, 5.41) is 8.77. The molecule has 1 aromatic rings. The molecule has 0 amide bonds. The van der Waals surface area contributed by atoms with E-state index in [0.717, 1.165) is 11.3 Å². The maximum Gasteiger partial charge on any atom is 0.119 e. The molecule has 2 heteroatoms. The number of hydrogen-bond acceptors (Lipinski definition) is 2. The fourth-order valence-electron chi connectivity index (χ4n) is 0.900. The van der Waals surface area contributed by atoms with Crippen LogP contribution in [-0.4, -0.2) is 11.7 Å². The van der Waals surface area contributed by atoms with E-state index in [1.807, 2.05) is 45.0 Å². The van der Waals surface area contributed by atoms with Gasteiger partial charge in [0.1, 0.15) is 5.75 Å². The highest BCUT2D eigenvalue weighted by Crippen LogP contribution is 2.12. The number of benzene rings is 1. The summed E-state index contributed by atoms with van der Waals surface area (Å²) in [7, 11) is 0. The van der Waals surface area contributed by atoms with Crippen LogP contribution in [0.5, 0.6) is 5.75 Å². The van der Waals surface area contributed by atoms with Gasteiger partial charge < -0.3 is 9.84 Å². The molecule has 0 unspecified atom stereocenters. The zero-order valence-electron chi connectivity index (χ0n) is 8.58. The summed E-state index contributed by atoms with van der Waals surface area (Å²) in [5.74, 6) is 0.819. The summed E-state index contributed by atoms with van der Waals surface area (Å²) in [6, 6.07) is 7.45. The Bertz CT molecular complexity index is 221. The molecule has 2 nitrogen and oxygen atoms in total. The van der Waals surface area contributed by atoms with Crippen molar-refractivity contribution < 1.29 is 9.84 Å². The van der Waals surface area contributed by atoms with Gasteiger partial charge in [0.15, 0.2) is 0 Å². The SMILES string of the molecule is CC.CCOc1cccc(CO)c1. The number of ether oxygens (including phenoxy) is 1. The largest absolute Gasteiger partial charge is 0.494 e. The van der Waals surface area contributed by atoms with Gasteiger partial charge in [0.25, 0.3) is 0 Å². The summed E-state index contributed by atoms with van der Waals surface area (Å²) in [6.07, 6.45) is 0. The minimum atomic E-state index is 0.0704. The molecule has 0 radical (unpaired) electrons. The van der Waals surface area contributed by atoms with Crippen LogP contribution in [0.3, 0.4) is 0 Å². The van der Waals surface area contributed by atoms with Crippen LogP contribution < -0.4 is 4.74 Å². The van der Waals surface area contributed by atoms with Crippen LogP contribution >= 0.6 is 0 Å². The van der Waals surface area contributed by atoms with Crippen molar-refractivity contribution in [3.05, 3.63) is 29.8 Å². The van der Waals surface area contributed by atoms with E-state index >= 15 is 0 Å². The molecule has 0 atom stereocenters. The lowest BCUT2D eigenvalue weighted by Crippen LogP contribution is -1.92. The minimum Gasteiger partial charge on any atom is -0.494 e. The maximum atomic E-state index is 8.77. The maximum absolute atomic E-state index is 8.77. The zero-order chi connectivity index (χ0) is 10.1. The first-order chi connectivity index (χ1) is 6.36. The van der Waals surface area contributed by atoms with Crippen molar-refractivity contribution in [1.82, 2.24) is 0 Å². The van der Waals surface area contributed by atoms with Crippen LogP contribution in [0.15, 0.2) is 24.3 Å². The summed E-state index contributed by atoms with van der Waals surface area (Å²) in [6.45, 7) is 6.67. The lowest BCUT2D eigenvalue weighted by molar-refractivity contribution is 0.280. The van der Waals surface area contributed by atoms with Gasteiger partial charge in [0, 0.05) is 0 Å². The van der Waals surface area contributed by atoms with Gasteiger partial charge in [-0.25, -0.2) is 0 Å². The van der Waals surface area contributed by atoms with Crippen molar-refractivity contribution in [3.63, 3.8) is 0 Å². The second-order valence-electron chi connectivity index (χ2n) is 2.24. The molecule has 0 bridgehead atoms. The lowest BCUT2D eigenvalue weighted by atomic mass is 10.2. The molecule has 0 aliphatic carbocycles. The lowest BCUT2D eigenvalue weighted by Gasteiger charge is -2.03. The quantitative estimate of drug-likeness (QED) is 0.778. The van der Waals surface area contributed by atoms with Gasteiger partial charge in [0.05, 0.1) is 13.2 Å². The van der Waals surface area contributed by atoms with Crippen LogP contribution in [0, 0.1) is 0 Å². The van der Waals surface area contributed by atoms with Crippen LogP contribution in [-0.2, 0) is 6.61 Å². The standard InChI is InChI=1S/C9H12O2.C2H6/c1-2-11-9-5-3-4-8(6-9)7-10;1-2/h3-6,10H,2,7H2,1H3;1-2H3. The Morgan fingerprint density at radius 2 is 2.00 bits per heavy atom. The summed E-state index contributed by atoms with van der Waals surface area (Å²) >= 11 is 0. The third kappa shape index (κ3) is 4.53. The number of rotatable bonds is 3. The molecule has 0 fully saturated rings. The van der Waals surface area contributed by atoms with Crippen molar-refractivity contribution in [2.24, 2.45) is 0 Å². The summed E-state index contributed by atoms with van der Waals surface area (Å²) in [5.41, 5.74) is 0.885. The summed E-state index contributed by atoms with van der Waals surface area (Å²) < 4.78 is 5.24. The highest BCUT2D eigenvalue weighted by molar-refractivity contribution is 5.27. The van der Waals surface area contributed by atoms with Gasteiger partial charge in [-0.2, -0.15) is 0 Å². The molecule has 13 heavy (non-hydrogen) atoms. The highest BCUT2D eigenvalue weighted by Gasteiger charge is 1.92. The number of aliphatic hydroxyl groups excluding tert-OH is 1. The Balaban J connectivity index is 0.000000671.